The van der Waals surface area contributed by atoms with Gasteiger partial charge in [-0.2, -0.15) is 13.2 Å². The maximum atomic E-state index is 13.4. The second-order valence-corrected chi connectivity index (χ2v) is 9.70. The largest absolute Gasteiger partial charge is 0.389 e. The van der Waals surface area contributed by atoms with Crippen LogP contribution in [0.25, 0.3) is 11.1 Å². The quantitative estimate of drug-likeness (QED) is 0.427. The van der Waals surface area contributed by atoms with Crippen LogP contribution in [0.4, 0.5) is 27.6 Å². The summed E-state index contributed by atoms with van der Waals surface area (Å²) in [6.07, 6.45) is -8.07. The van der Waals surface area contributed by atoms with E-state index < -0.39 is 79.3 Å². The molecule has 6 nitrogen and oxygen atoms in total. The molecule has 3 atom stereocenters. The van der Waals surface area contributed by atoms with Crippen LogP contribution in [-0.4, -0.2) is 29.8 Å². The molecule has 2 aromatic rings. The molecule has 0 bridgehead atoms. The Kier molecular flexibility index (Phi) is 7.25. The van der Waals surface area contributed by atoms with Crippen molar-refractivity contribution in [3.63, 3.8) is 0 Å². The fourth-order valence-corrected chi connectivity index (χ4v) is 5.18. The van der Waals surface area contributed by atoms with Gasteiger partial charge in [0.05, 0.1) is 0 Å². The first-order valence-electron chi connectivity index (χ1n) is 11.9. The zero-order valence-corrected chi connectivity index (χ0v) is 19.7. The molecule has 1 aliphatic carbocycles. The van der Waals surface area contributed by atoms with Crippen molar-refractivity contribution in [2.24, 2.45) is 23.5 Å². The summed E-state index contributed by atoms with van der Waals surface area (Å²) in [6.45, 7) is 0. The van der Waals surface area contributed by atoms with Crippen molar-refractivity contribution >= 4 is 23.4 Å². The van der Waals surface area contributed by atoms with Gasteiger partial charge in [0, 0.05) is 42.3 Å². The molecule has 198 valence electrons. The van der Waals surface area contributed by atoms with Crippen LogP contribution in [0.1, 0.15) is 43.7 Å². The van der Waals surface area contributed by atoms with E-state index in [1.54, 1.807) is 48.5 Å². The lowest BCUT2D eigenvalue weighted by atomic mass is 9.72. The highest BCUT2D eigenvalue weighted by atomic mass is 19.4. The van der Waals surface area contributed by atoms with Gasteiger partial charge in [-0.15, -0.1) is 0 Å². The van der Waals surface area contributed by atoms with Gasteiger partial charge in [0.15, 0.2) is 0 Å². The third kappa shape index (κ3) is 6.08. The number of hydrogen-bond donors (Lipinski definition) is 3. The van der Waals surface area contributed by atoms with Crippen LogP contribution in [0.5, 0.6) is 0 Å². The van der Waals surface area contributed by atoms with Crippen LogP contribution in [0.3, 0.4) is 0 Å². The molecule has 0 saturated heterocycles. The number of hydrogen-bond acceptors (Lipinski definition) is 3. The normalized spacial score (nSPS) is 20.4. The molecule has 37 heavy (non-hydrogen) atoms. The van der Waals surface area contributed by atoms with E-state index in [4.69, 9.17) is 5.73 Å². The van der Waals surface area contributed by atoms with E-state index in [9.17, 15) is 36.3 Å². The summed E-state index contributed by atoms with van der Waals surface area (Å²) in [5, 5.41) is 5.25. The molecule has 0 unspecified atom stereocenters. The van der Waals surface area contributed by atoms with Gasteiger partial charge in [0.2, 0.25) is 17.7 Å². The number of halogens is 5. The van der Waals surface area contributed by atoms with Crippen LogP contribution in [0, 0.1) is 17.8 Å². The number of nitrogens with two attached hydrogens (primary N) is 1. The monoisotopic (exact) mass is 523 g/mol. The second-order valence-electron chi connectivity index (χ2n) is 9.70. The van der Waals surface area contributed by atoms with Gasteiger partial charge in [0.1, 0.15) is 6.04 Å². The summed E-state index contributed by atoms with van der Waals surface area (Å²) in [7, 11) is 0. The highest BCUT2D eigenvalue weighted by molar-refractivity contribution is 6.05. The smallest absolute Gasteiger partial charge is 0.369 e. The Balaban J connectivity index is 1.63. The molecule has 2 aromatic carbocycles. The van der Waals surface area contributed by atoms with E-state index in [1.807, 2.05) is 0 Å². The average molecular weight is 524 g/mol. The summed E-state index contributed by atoms with van der Waals surface area (Å²) < 4.78 is 66.0. The third-order valence-electron chi connectivity index (χ3n) is 6.98. The Morgan fingerprint density at radius 3 is 2.27 bits per heavy atom. The van der Waals surface area contributed by atoms with Gasteiger partial charge in [-0.25, -0.2) is 8.78 Å². The van der Waals surface area contributed by atoms with E-state index in [0.29, 0.717) is 22.4 Å². The molecule has 4 N–H and O–H groups in total. The highest BCUT2D eigenvalue weighted by Crippen LogP contribution is 2.46. The second kappa shape index (κ2) is 10.1. The van der Waals surface area contributed by atoms with Crippen LogP contribution < -0.4 is 16.4 Å². The van der Waals surface area contributed by atoms with E-state index in [-0.39, 0.29) is 6.42 Å². The molecule has 1 fully saturated rings. The summed E-state index contributed by atoms with van der Waals surface area (Å²) in [4.78, 5) is 38.8. The van der Waals surface area contributed by atoms with Crippen LogP contribution in [-0.2, 0) is 14.4 Å². The Labute approximate surface area is 209 Å². The van der Waals surface area contributed by atoms with Gasteiger partial charge in [-0.1, -0.05) is 42.5 Å². The Morgan fingerprint density at radius 2 is 1.65 bits per heavy atom. The number of rotatable bonds is 8. The Hall–Kier alpha value is -3.50. The number of alkyl halides is 5. The van der Waals surface area contributed by atoms with Crippen LogP contribution >= 0.6 is 0 Å². The lowest BCUT2D eigenvalue weighted by Gasteiger charge is -2.38. The summed E-state index contributed by atoms with van der Waals surface area (Å²) >= 11 is 0. The minimum atomic E-state index is -4.63. The van der Waals surface area contributed by atoms with Crippen molar-refractivity contribution in [2.75, 3.05) is 5.32 Å². The number of benzene rings is 2. The fourth-order valence-electron chi connectivity index (χ4n) is 5.18. The predicted octanol–water partition coefficient (Wildman–Crippen LogP) is 4.96. The number of nitrogens with one attached hydrogen (secondary N) is 2. The number of carbonyl (C=O) groups is 3. The molecule has 0 spiro atoms. The summed E-state index contributed by atoms with van der Waals surface area (Å²) in [6, 6.07) is 12.4. The Bertz CT molecular complexity index is 1190. The summed E-state index contributed by atoms with van der Waals surface area (Å²) in [5.41, 5.74) is 7.70. The first kappa shape index (κ1) is 26.6. The number of amides is 3. The van der Waals surface area contributed by atoms with Gasteiger partial charge < -0.3 is 16.4 Å². The molecule has 1 saturated carbocycles. The van der Waals surface area contributed by atoms with E-state index in [1.165, 1.54) is 0 Å². The molecule has 4 rings (SSSR count). The average Bonchev–Trinajstić information content (AvgIpc) is 2.91. The van der Waals surface area contributed by atoms with Gasteiger partial charge in [-0.3, -0.25) is 14.4 Å². The number of fused-ring (bicyclic) bond motifs is 3. The molecule has 3 amide bonds. The molecule has 2 aliphatic rings. The van der Waals surface area contributed by atoms with Gasteiger partial charge in [0.25, 0.3) is 5.91 Å². The van der Waals surface area contributed by atoms with Crippen LogP contribution in [0.2, 0.25) is 0 Å². The zero-order valence-electron chi connectivity index (χ0n) is 19.7. The molecular formula is C26H26F5N3O3. The number of para-hydroxylation sites is 1. The summed E-state index contributed by atoms with van der Waals surface area (Å²) in [5.74, 6) is -9.15. The number of anilines is 1. The standard InChI is InChI=1S/C26H26F5N3O3/c27-25(28)12-14(13-25)11-19(22(32)35)18(9-10-26(29,30)31)23(36)34-21-17-7-2-1-5-15(17)16-6-3-4-8-20(16)33-24(21)37/h1-8,14,18-19,21H,9-13H2,(H2,32,35)(H,33,37)(H,34,36)/t18-,19+,21+/m1/s1. The lowest BCUT2D eigenvalue weighted by Crippen LogP contribution is -2.46. The van der Waals surface area contributed by atoms with E-state index in [2.05, 4.69) is 10.6 Å². The highest BCUT2D eigenvalue weighted by Gasteiger charge is 2.48. The van der Waals surface area contributed by atoms with Crippen molar-refractivity contribution in [1.29, 1.82) is 0 Å². The zero-order chi connectivity index (χ0) is 27.0. The van der Waals surface area contributed by atoms with E-state index >= 15 is 0 Å². The lowest BCUT2D eigenvalue weighted by molar-refractivity contribution is -0.149. The fraction of sp³-hybridized carbons (Fsp3) is 0.423. The van der Waals surface area contributed by atoms with E-state index in [0.717, 1.165) is 0 Å². The van der Waals surface area contributed by atoms with Crippen molar-refractivity contribution in [1.82, 2.24) is 5.32 Å². The van der Waals surface area contributed by atoms with Crippen LogP contribution in [0.15, 0.2) is 48.5 Å². The minimum absolute atomic E-state index is 0.236. The number of carbonyl (C=O) groups excluding carboxylic acids is 3. The first-order chi connectivity index (χ1) is 17.3. The molecular weight excluding hydrogens is 497 g/mol. The number of primary amides is 1. The van der Waals surface area contributed by atoms with Gasteiger partial charge in [-0.05, 0) is 36.0 Å². The predicted molar refractivity (Wildman–Crippen MR) is 125 cm³/mol. The molecule has 0 radical (unpaired) electrons. The third-order valence-corrected chi connectivity index (χ3v) is 6.98. The molecule has 1 aliphatic heterocycles. The maximum Gasteiger partial charge on any atom is 0.389 e. The molecule has 11 heteroatoms. The van der Waals surface area contributed by atoms with Crippen molar-refractivity contribution in [2.45, 2.75) is 50.2 Å². The van der Waals surface area contributed by atoms with Crippen molar-refractivity contribution < 1.29 is 36.3 Å². The van der Waals surface area contributed by atoms with Crippen molar-refractivity contribution in [3.8, 4) is 11.1 Å². The van der Waals surface area contributed by atoms with Gasteiger partial charge >= 0.3 is 6.18 Å². The molecule has 1 heterocycles. The minimum Gasteiger partial charge on any atom is -0.369 e. The topological polar surface area (TPSA) is 101 Å². The van der Waals surface area contributed by atoms with Crippen molar-refractivity contribution in [3.05, 3.63) is 54.1 Å². The maximum absolute atomic E-state index is 13.4. The molecule has 0 aromatic heterocycles. The Morgan fingerprint density at radius 1 is 1.03 bits per heavy atom. The first-order valence-corrected chi connectivity index (χ1v) is 11.9. The SMILES string of the molecule is NC(=O)[C@@H](CC1CC(F)(F)C1)[C@@H](CCC(F)(F)F)C(=O)N[C@@H]1C(=O)Nc2ccccc2-c2ccccc21.